The Bertz CT molecular complexity index is 394. The van der Waals surface area contributed by atoms with Crippen molar-refractivity contribution in [2.45, 2.75) is 19.8 Å². The quantitative estimate of drug-likeness (QED) is 0.882. The van der Waals surface area contributed by atoms with Gasteiger partial charge in [0.15, 0.2) is 0 Å². The van der Waals surface area contributed by atoms with Crippen LogP contribution in [0.2, 0.25) is 0 Å². The summed E-state index contributed by atoms with van der Waals surface area (Å²) in [6, 6.07) is 8.61. The molecule has 106 valence electrons. The van der Waals surface area contributed by atoms with Crippen LogP contribution in [0.3, 0.4) is 0 Å². The molecule has 1 aliphatic rings. The molecule has 1 saturated heterocycles. The molecule has 1 N–H and O–H groups in total. The number of nitrogens with one attached hydrogen (secondary N) is 1. The zero-order valence-electron chi connectivity index (χ0n) is 12.4. The van der Waals surface area contributed by atoms with Crippen LogP contribution in [0.1, 0.15) is 18.4 Å². The van der Waals surface area contributed by atoms with Crippen molar-refractivity contribution in [3.05, 3.63) is 29.8 Å². The van der Waals surface area contributed by atoms with E-state index < -0.39 is 0 Å². The van der Waals surface area contributed by atoms with Gasteiger partial charge in [-0.3, -0.25) is 0 Å². The molecule has 3 nitrogen and oxygen atoms in total. The second kappa shape index (κ2) is 6.40. The van der Waals surface area contributed by atoms with Crippen LogP contribution in [0.15, 0.2) is 24.3 Å². The summed E-state index contributed by atoms with van der Waals surface area (Å²) in [6.45, 7) is 6.11. The van der Waals surface area contributed by atoms with Crippen molar-refractivity contribution >= 4 is 5.69 Å². The largest absolute Gasteiger partial charge is 0.381 e. The molecule has 19 heavy (non-hydrogen) atoms. The zero-order valence-corrected chi connectivity index (χ0v) is 12.4. The molecule has 0 saturated carbocycles. The summed E-state index contributed by atoms with van der Waals surface area (Å²) in [5.41, 5.74) is 3.02. The maximum Gasteiger partial charge on any atom is 0.0472 e. The first kappa shape index (κ1) is 14.4. The van der Waals surface area contributed by atoms with Crippen LogP contribution in [0.4, 0.5) is 5.69 Å². The number of anilines is 1. The fraction of sp³-hybridized carbons (Fsp3) is 0.625. The Balaban J connectivity index is 2.10. The molecule has 1 heterocycles. The van der Waals surface area contributed by atoms with Crippen molar-refractivity contribution in [2.75, 3.05) is 45.3 Å². The van der Waals surface area contributed by atoms with Crippen LogP contribution in [-0.2, 0) is 4.74 Å². The zero-order chi connectivity index (χ0) is 13.7. The summed E-state index contributed by atoms with van der Waals surface area (Å²) < 4.78 is 5.54. The molecule has 2 rings (SSSR count). The summed E-state index contributed by atoms with van der Waals surface area (Å²) in [6.07, 6.45) is 2.29. The molecular formula is C16H26N2O. The highest BCUT2D eigenvalue weighted by Gasteiger charge is 2.33. The van der Waals surface area contributed by atoms with E-state index in [0.29, 0.717) is 5.41 Å². The van der Waals surface area contributed by atoms with Crippen molar-refractivity contribution in [1.82, 2.24) is 5.32 Å². The van der Waals surface area contributed by atoms with Crippen molar-refractivity contribution in [3.8, 4) is 0 Å². The Morgan fingerprint density at radius 2 is 1.95 bits per heavy atom. The van der Waals surface area contributed by atoms with E-state index in [1.165, 1.54) is 11.3 Å². The maximum absolute atomic E-state index is 5.54. The molecule has 0 radical (unpaired) electrons. The Labute approximate surface area is 116 Å². The Hall–Kier alpha value is -1.06. The molecular weight excluding hydrogens is 236 g/mol. The van der Waals surface area contributed by atoms with E-state index >= 15 is 0 Å². The third-order valence-corrected chi connectivity index (χ3v) is 4.20. The van der Waals surface area contributed by atoms with Crippen molar-refractivity contribution in [2.24, 2.45) is 5.41 Å². The van der Waals surface area contributed by atoms with Crippen LogP contribution in [0.25, 0.3) is 0 Å². The molecule has 1 fully saturated rings. The van der Waals surface area contributed by atoms with Crippen LogP contribution in [0.5, 0.6) is 0 Å². The average Bonchev–Trinajstić information content (AvgIpc) is 2.40. The fourth-order valence-corrected chi connectivity index (χ4v) is 3.15. The third kappa shape index (κ3) is 3.48. The molecule has 0 atom stereocenters. The van der Waals surface area contributed by atoms with E-state index in [1.807, 2.05) is 7.05 Å². The lowest BCUT2D eigenvalue weighted by Crippen LogP contribution is -2.46. The monoisotopic (exact) mass is 262 g/mol. The molecule has 1 aromatic carbocycles. The first-order chi connectivity index (χ1) is 9.17. The number of nitrogens with zero attached hydrogens (tertiary/aromatic N) is 1. The Kier molecular flexibility index (Phi) is 4.83. The smallest absolute Gasteiger partial charge is 0.0472 e. The van der Waals surface area contributed by atoms with Crippen LogP contribution >= 0.6 is 0 Å². The molecule has 1 aliphatic heterocycles. The maximum atomic E-state index is 5.54. The first-order valence-corrected chi connectivity index (χ1v) is 7.16. The highest BCUT2D eigenvalue weighted by Crippen LogP contribution is 2.32. The van der Waals surface area contributed by atoms with Gasteiger partial charge < -0.3 is 15.0 Å². The van der Waals surface area contributed by atoms with Gasteiger partial charge in [0.1, 0.15) is 0 Å². The normalized spacial score (nSPS) is 18.3. The van der Waals surface area contributed by atoms with Gasteiger partial charge in [0.05, 0.1) is 0 Å². The lowest BCUT2D eigenvalue weighted by atomic mass is 9.79. The number of aryl methyl sites for hydroxylation is 1. The first-order valence-electron chi connectivity index (χ1n) is 7.16. The fourth-order valence-electron chi connectivity index (χ4n) is 3.15. The van der Waals surface area contributed by atoms with Crippen LogP contribution in [0, 0.1) is 12.3 Å². The summed E-state index contributed by atoms with van der Waals surface area (Å²) in [4.78, 5) is 2.40. The predicted molar refractivity (Wildman–Crippen MR) is 80.9 cm³/mol. The minimum atomic E-state index is 0.337. The number of hydrogen-bond acceptors (Lipinski definition) is 3. The van der Waals surface area contributed by atoms with E-state index in [9.17, 15) is 0 Å². The van der Waals surface area contributed by atoms with Crippen molar-refractivity contribution in [1.29, 1.82) is 0 Å². The highest BCUT2D eigenvalue weighted by molar-refractivity contribution is 5.52. The molecule has 0 aliphatic carbocycles. The molecule has 0 aromatic heterocycles. The van der Waals surface area contributed by atoms with Crippen LogP contribution < -0.4 is 10.2 Å². The number of para-hydroxylation sites is 1. The topological polar surface area (TPSA) is 24.5 Å². The number of rotatable bonds is 5. The van der Waals surface area contributed by atoms with Crippen LogP contribution in [-0.4, -0.2) is 40.4 Å². The third-order valence-electron chi connectivity index (χ3n) is 4.20. The standard InChI is InChI=1S/C16H26N2O/c1-14-6-4-5-7-15(14)18(3)13-16(12-17-2)8-10-19-11-9-16/h4-7,17H,8-13H2,1-3H3. The van der Waals surface area contributed by atoms with Gasteiger partial charge in [-0.15, -0.1) is 0 Å². The summed E-state index contributed by atoms with van der Waals surface area (Å²) >= 11 is 0. The average molecular weight is 262 g/mol. The molecule has 0 bridgehead atoms. The van der Waals surface area contributed by atoms with Crippen molar-refractivity contribution in [3.63, 3.8) is 0 Å². The SMILES string of the molecule is CNCC1(CN(C)c2ccccc2C)CCOCC1. The molecule has 0 spiro atoms. The van der Waals surface area contributed by atoms with E-state index in [1.54, 1.807) is 0 Å². The number of hydrogen-bond donors (Lipinski definition) is 1. The minimum absolute atomic E-state index is 0.337. The van der Waals surface area contributed by atoms with Gasteiger partial charge in [0.2, 0.25) is 0 Å². The molecule has 0 amide bonds. The lowest BCUT2D eigenvalue weighted by molar-refractivity contribution is 0.0197. The van der Waals surface area contributed by atoms with Gasteiger partial charge >= 0.3 is 0 Å². The predicted octanol–water partition coefficient (Wildman–Crippen LogP) is 2.45. The summed E-state index contributed by atoms with van der Waals surface area (Å²) in [5, 5.41) is 3.37. The molecule has 1 aromatic rings. The van der Waals surface area contributed by atoms with E-state index in [2.05, 4.69) is 48.5 Å². The van der Waals surface area contributed by atoms with Gasteiger partial charge in [-0.05, 0) is 38.4 Å². The lowest BCUT2D eigenvalue weighted by Gasteiger charge is -2.41. The van der Waals surface area contributed by atoms with E-state index in [-0.39, 0.29) is 0 Å². The van der Waals surface area contributed by atoms with E-state index in [4.69, 9.17) is 4.74 Å². The van der Waals surface area contributed by atoms with Gasteiger partial charge in [-0.1, -0.05) is 18.2 Å². The second-order valence-electron chi connectivity index (χ2n) is 5.79. The number of benzene rings is 1. The molecule has 3 heteroatoms. The van der Waals surface area contributed by atoms with Gasteiger partial charge in [-0.2, -0.15) is 0 Å². The van der Waals surface area contributed by atoms with Gasteiger partial charge in [0.25, 0.3) is 0 Å². The number of ether oxygens (including phenoxy) is 1. The van der Waals surface area contributed by atoms with Gasteiger partial charge in [0, 0.05) is 44.5 Å². The Morgan fingerprint density at radius 1 is 1.26 bits per heavy atom. The minimum Gasteiger partial charge on any atom is -0.381 e. The molecule has 0 unspecified atom stereocenters. The van der Waals surface area contributed by atoms with Crippen molar-refractivity contribution < 1.29 is 4.74 Å². The Morgan fingerprint density at radius 3 is 2.58 bits per heavy atom. The second-order valence-corrected chi connectivity index (χ2v) is 5.79. The summed E-state index contributed by atoms with van der Waals surface area (Å²) in [7, 11) is 4.25. The van der Waals surface area contributed by atoms with E-state index in [0.717, 1.165) is 39.1 Å². The summed E-state index contributed by atoms with van der Waals surface area (Å²) in [5.74, 6) is 0. The highest BCUT2D eigenvalue weighted by atomic mass is 16.5. The van der Waals surface area contributed by atoms with Gasteiger partial charge in [-0.25, -0.2) is 0 Å².